The van der Waals surface area contributed by atoms with E-state index in [0.717, 1.165) is 5.56 Å². The molecule has 4 heteroatoms. The summed E-state index contributed by atoms with van der Waals surface area (Å²) in [4.78, 5) is 29.6. The summed E-state index contributed by atoms with van der Waals surface area (Å²) in [6.07, 6.45) is 1.52. The monoisotopic (exact) mass is 238 g/mol. The van der Waals surface area contributed by atoms with Crippen molar-refractivity contribution in [2.75, 3.05) is 4.90 Å². The predicted octanol–water partition coefficient (Wildman–Crippen LogP) is 2.19. The number of rotatable bonds is 1. The van der Waals surface area contributed by atoms with Crippen molar-refractivity contribution in [2.24, 2.45) is 0 Å². The Morgan fingerprint density at radius 3 is 2.50 bits per heavy atom. The Morgan fingerprint density at radius 2 is 1.78 bits per heavy atom. The first-order valence-corrected chi connectivity index (χ1v) is 5.59. The largest absolute Gasteiger partial charge is 0.284 e. The van der Waals surface area contributed by atoms with Gasteiger partial charge >= 0.3 is 0 Å². The molecule has 0 radical (unpaired) electrons. The summed E-state index contributed by atoms with van der Waals surface area (Å²) in [5, 5.41) is 0. The molecule has 3 rings (SSSR count). The van der Waals surface area contributed by atoms with Crippen molar-refractivity contribution in [1.29, 1.82) is 0 Å². The maximum atomic E-state index is 12.2. The molecule has 4 nitrogen and oxygen atoms in total. The van der Waals surface area contributed by atoms with Crippen LogP contribution in [0, 0.1) is 6.92 Å². The van der Waals surface area contributed by atoms with Crippen LogP contribution in [0.3, 0.4) is 0 Å². The number of imide groups is 1. The Morgan fingerprint density at radius 1 is 1.00 bits per heavy atom. The van der Waals surface area contributed by atoms with Gasteiger partial charge in [0.05, 0.1) is 11.3 Å². The lowest BCUT2D eigenvalue weighted by atomic mass is 10.2. The third-order valence-corrected chi connectivity index (χ3v) is 3.00. The normalized spacial score (nSPS) is 13.9. The number of fused-ring (bicyclic) bond motifs is 1. The van der Waals surface area contributed by atoms with Crippen LogP contribution < -0.4 is 4.90 Å². The Hall–Kier alpha value is -2.49. The molecule has 1 aliphatic rings. The first-order chi connectivity index (χ1) is 8.70. The van der Waals surface area contributed by atoms with Crippen molar-refractivity contribution in [2.45, 2.75) is 6.92 Å². The van der Waals surface area contributed by atoms with Gasteiger partial charge in [0.1, 0.15) is 5.69 Å². The summed E-state index contributed by atoms with van der Waals surface area (Å²) in [7, 11) is 0. The molecule has 0 atom stereocenters. The Labute approximate surface area is 104 Å². The molecule has 1 aliphatic heterocycles. The van der Waals surface area contributed by atoms with Crippen LogP contribution in [0.1, 0.15) is 26.4 Å². The third kappa shape index (κ3) is 1.35. The average Bonchev–Trinajstić information content (AvgIpc) is 2.64. The molecule has 0 N–H and O–H groups in total. The van der Waals surface area contributed by atoms with Crippen molar-refractivity contribution in [3.05, 3.63) is 59.4 Å². The highest BCUT2D eigenvalue weighted by molar-refractivity contribution is 6.33. The second kappa shape index (κ2) is 3.77. The molecule has 0 unspecified atom stereocenters. The van der Waals surface area contributed by atoms with Crippen LogP contribution in [0.15, 0.2) is 42.6 Å². The van der Waals surface area contributed by atoms with E-state index in [0.29, 0.717) is 11.3 Å². The number of hydrogen-bond donors (Lipinski definition) is 0. The van der Waals surface area contributed by atoms with Crippen molar-refractivity contribution in [1.82, 2.24) is 4.98 Å². The second-order valence-electron chi connectivity index (χ2n) is 4.13. The molecule has 0 saturated carbocycles. The number of nitrogens with zero attached hydrogens (tertiary/aromatic N) is 2. The van der Waals surface area contributed by atoms with Crippen LogP contribution in [0.2, 0.25) is 0 Å². The number of anilines is 1. The smallest absolute Gasteiger partial charge is 0.268 e. The summed E-state index contributed by atoms with van der Waals surface area (Å²) in [5.74, 6) is -0.665. The van der Waals surface area contributed by atoms with Crippen LogP contribution in [0.5, 0.6) is 0 Å². The molecule has 1 aromatic heterocycles. The van der Waals surface area contributed by atoms with Gasteiger partial charge in [-0.3, -0.25) is 14.6 Å². The number of amides is 2. The number of benzene rings is 1. The molecule has 0 saturated heterocycles. The zero-order valence-corrected chi connectivity index (χ0v) is 9.75. The van der Waals surface area contributed by atoms with Crippen molar-refractivity contribution in [3.63, 3.8) is 0 Å². The summed E-state index contributed by atoms with van der Waals surface area (Å²) >= 11 is 0. The number of pyridine rings is 1. The van der Waals surface area contributed by atoms with E-state index in [-0.39, 0.29) is 17.5 Å². The summed E-state index contributed by atoms with van der Waals surface area (Å²) in [6, 6.07) is 10.6. The maximum Gasteiger partial charge on any atom is 0.284 e. The predicted molar refractivity (Wildman–Crippen MR) is 66.6 cm³/mol. The van der Waals surface area contributed by atoms with Gasteiger partial charge in [0.25, 0.3) is 11.8 Å². The summed E-state index contributed by atoms with van der Waals surface area (Å²) in [6.45, 7) is 1.87. The molecule has 0 fully saturated rings. The van der Waals surface area contributed by atoms with Crippen molar-refractivity contribution < 1.29 is 9.59 Å². The molecule has 1 aromatic carbocycles. The minimum Gasteiger partial charge on any atom is -0.268 e. The van der Waals surface area contributed by atoms with E-state index in [9.17, 15) is 9.59 Å². The van der Waals surface area contributed by atoms with Gasteiger partial charge in [-0.2, -0.15) is 0 Å². The molecule has 2 aromatic rings. The highest BCUT2D eigenvalue weighted by Crippen LogP contribution is 2.28. The zero-order valence-electron chi connectivity index (χ0n) is 9.75. The van der Waals surface area contributed by atoms with E-state index >= 15 is 0 Å². The number of aromatic nitrogens is 1. The fraction of sp³-hybridized carbons (Fsp3) is 0.0714. The topological polar surface area (TPSA) is 50.3 Å². The number of hydrogen-bond acceptors (Lipinski definition) is 3. The minimum atomic E-state index is -0.357. The highest BCUT2D eigenvalue weighted by atomic mass is 16.2. The van der Waals surface area contributed by atoms with Gasteiger partial charge in [-0.25, -0.2) is 4.90 Å². The van der Waals surface area contributed by atoms with Crippen LogP contribution >= 0.6 is 0 Å². The molecule has 0 bridgehead atoms. The lowest BCUT2D eigenvalue weighted by Gasteiger charge is -2.15. The third-order valence-electron chi connectivity index (χ3n) is 3.00. The number of carbonyl (C=O) groups excluding carboxylic acids is 2. The molecule has 0 spiro atoms. The molecule has 2 amide bonds. The maximum absolute atomic E-state index is 12.2. The molecule has 18 heavy (non-hydrogen) atoms. The second-order valence-corrected chi connectivity index (χ2v) is 4.13. The minimum absolute atomic E-state index is 0.228. The lowest BCUT2D eigenvalue weighted by Crippen LogP contribution is -2.30. The highest BCUT2D eigenvalue weighted by Gasteiger charge is 2.38. The molecular weight excluding hydrogens is 228 g/mol. The fourth-order valence-electron chi connectivity index (χ4n) is 2.10. The van der Waals surface area contributed by atoms with Crippen molar-refractivity contribution in [3.8, 4) is 0 Å². The zero-order chi connectivity index (χ0) is 12.7. The number of para-hydroxylation sites is 1. The van der Waals surface area contributed by atoms with Gasteiger partial charge in [-0.05, 0) is 30.7 Å². The molecule has 88 valence electrons. The van der Waals surface area contributed by atoms with E-state index in [1.165, 1.54) is 11.1 Å². The number of carbonyl (C=O) groups is 2. The average molecular weight is 238 g/mol. The SMILES string of the molecule is Cc1ccccc1N1C(=O)c2cccnc2C1=O. The van der Waals surface area contributed by atoms with Gasteiger partial charge in [0.2, 0.25) is 0 Å². The van der Waals surface area contributed by atoms with Gasteiger partial charge in [0, 0.05) is 6.20 Å². The van der Waals surface area contributed by atoms with Gasteiger partial charge in [-0.15, -0.1) is 0 Å². The van der Waals surface area contributed by atoms with Crippen LogP contribution in [0.25, 0.3) is 0 Å². The summed E-state index contributed by atoms with van der Waals surface area (Å²) < 4.78 is 0. The molecule has 0 aliphatic carbocycles. The first kappa shape index (κ1) is 10.7. The van der Waals surface area contributed by atoms with E-state index < -0.39 is 0 Å². The van der Waals surface area contributed by atoms with E-state index in [1.807, 2.05) is 19.1 Å². The quantitative estimate of drug-likeness (QED) is 0.715. The fourth-order valence-corrected chi connectivity index (χ4v) is 2.10. The van der Waals surface area contributed by atoms with E-state index in [1.54, 1.807) is 24.3 Å². The van der Waals surface area contributed by atoms with Gasteiger partial charge < -0.3 is 0 Å². The first-order valence-electron chi connectivity index (χ1n) is 5.59. The standard InChI is InChI=1S/C14H10N2O2/c1-9-5-2-3-7-11(9)16-13(17)10-6-4-8-15-12(10)14(16)18/h2-8H,1H3. The van der Waals surface area contributed by atoms with Gasteiger partial charge in [0.15, 0.2) is 0 Å². The molecule has 2 heterocycles. The van der Waals surface area contributed by atoms with E-state index in [2.05, 4.69) is 4.98 Å². The summed E-state index contributed by atoms with van der Waals surface area (Å²) in [5.41, 5.74) is 2.09. The Balaban J connectivity index is 2.16. The van der Waals surface area contributed by atoms with Crippen LogP contribution in [-0.4, -0.2) is 16.8 Å². The van der Waals surface area contributed by atoms with Crippen LogP contribution in [-0.2, 0) is 0 Å². The lowest BCUT2D eigenvalue weighted by molar-refractivity contribution is 0.0924. The molecular formula is C14H10N2O2. The van der Waals surface area contributed by atoms with E-state index in [4.69, 9.17) is 0 Å². The van der Waals surface area contributed by atoms with Gasteiger partial charge in [-0.1, -0.05) is 18.2 Å². The van der Waals surface area contributed by atoms with Crippen LogP contribution in [0.4, 0.5) is 5.69 Å². The Bertz CT molecular complexity index is 629. The van der Waals surface area contributed by atoms with Crippen molar-refractivity contribution >= 4 is 17.5 Å². The number of aryl methyl sites for hydroxylation is 1. The Kier molecular flexibility index (Phi) is 2.23.